The number of benzene rings is 1. The Morgan fingerprint density at radius 1 is 1.23 bits per heavy atom. The van der Waals surface area contributed by atoms with Crippen molar-refractivity contribution in [3.63, 3.8) is 0 Å². The minimum Gasteiger partial charge on any atom is -0.486 e. The van der Waals surface area contributed by atoms with E-state index in [1.54, 1.807) is 6.07 Å². The van der Waals surface area contributed by atoms with E-state index in [4.69, 9.17) is 16.3 Å². The summed E-state index contributed by atoms with van der Waals surface area (Å²) in [4.78, 5) is 19.4. The van der Waals surface area contributed by atoms with E-state index in [1.807, 2.05) is 42.2 Å². The number of aromatic nitrogens is 1. The number of carbonyl (C=O) groups excluding carboxylic acids is 1. The Hall–Kier alpha value is -2.07. The molecule has 5 heteroatoms. The summed E-state index contributed by atoms with van der Waals surface area (Å²) in [6.45, 7) is 6.48. The van der Waals surface area contributed by atoms with Crippen LogP contribution in [0.15, 0.2) is 36.4 Å². The van der Waals surface area contributed by atoms with Gasteiger partial charge in [0.05, 0.1) is 10.7 Å². The Kier molecular flexibility index (Phi) is 5.82. The van der Waals surface area contributed by atoms with Gasteiger partial charge in [-0.2, -0.15) is 0 Å². The predicted molar refractivity (Wildman–Crippen MR) is 104 cm³/mol. The molecule has 0 N–H and O–H groups in total. The van der Waals surface area contributed by atoms with Gasteiger partial charge in [-0.25, -0.2) is 4.98 Å². The zero-order valence-electron chi connectivity index (χ0n) is 15.5. The summed E-state index contributed by atoms with van der Waals surface area (Å²) in [5, 5.41) is 0.577. The highest BCUT2D eigenvalue weighted by atomic mass is 35.5. The van der Waals surface area contributed by atoms with Crippen molar-refractivity contribution in [2.45, 2.75) is 58.7 Å². The lowest BCUT2D eigenvalue weighted by Gasteiger charge is -2.38. The molecule has 0 saturated carbocycles. The van der Waals surface area contributed by atoms with Crippen LogP contribution in [0.25, 0.3) is 0 Å². The fraction of sp³-hybridized carbons (Fsp3) is 0.429. The Bertz CT molecular complexity index is 783. The molecule has 2 aromatic rings. The van der Waals surface area contributed by atoms with Crippen LogP contribution in [0.2, 0.25) is 5.02 Å². The predicted octanol–water partition coefficient (Wildman–Crippen LogP) is 5.03. The topological polar surface area (TPSA) is 42.4 Å². The van der Waals surface area contributed by atoms with Crippen molar-refractivity contribution in [1.82, 2.24) is 9.88 Å². The molecule has 1 aromatic carbocycles. The van der Waals surface area contributed by atoms with Gasteiger partial charge >= 0.3 is 0 Å². The van der Waals surface area contributed by atoms with Gasteiger partial charge < -0.3 is 9.64 Å². The highest BCUT2D eigenvalue weighted by molar-refractivity contribution is 6.32. The lowest BCUT2D eigenvalue weighted by molar-refractivity contribution is 0.0504. The fourth-order valence-electron chi connectivity index (χ4n) is 3.51. The van der Waals surface area contributed by atoms with E-state index in [2.05, 4.69) is 18.8 Å². The molecule has 4 nitrogen and oxygen atoms in total. The number of aryl methyl sites for hydroxylation is 1. The van der Waals surface area contributed by atoms with Crippen molar-refractivity contribution >= 4 is 17.5 Å². The van der Waals surface area contributed by atoms with E-state index in [9.17, 15) is 4.79 Å². The molecular formula is C21H25ClN2O2. The van der Waals surface area contributed by atoms with Gasteiger partial charge in [-0.15, -0.1) is 0 Å². The minimum atomic E-state index is -0.0000756. The van der Waals surface area contributed by atoms with Gasteiger partial charge in [0.15, 0.2) is 0 Å². The van der Waals surface area contributed by atoms with Crippen molar-refractivity contribution in [3.8, 4) is 5.75 Å². The Morgan fingerprint density at radius 2 is 1.96 bits per heavy atom. The van der Waals surface area contributed by atoms with Gasteiger partial charge in [0, 0.05) is 12.1 Å². The van der Waals surface area contributed by atoms with Crippen LogP contribution in [0.3, 0.4) is 0 Å². The Balaban J connectivity index is 1.72. The molecule has 1 saturated heterocycles. The van der Waals surface area contributed by atoms with E-state index >= 15 is 0 Å². The number of nitrogens with zero attached hydrogens (tertiary/aromatic N) is 2. The molecule has 0 aliphatic carbocycles. The summed E-state index contributed by atoms with van der Waals surface area (Å²) in [5.74, 6) is 0.619. The molecule has 2 heterocycles. The number of ether oxygens (including phenoxy) is 1. The molecule has 2 unspecified atom stereocenters. The van der Waals surface area contributed by atoms with Crippen LogP contribution in [-0.4, -0.2) is 27.9 Å². The lowest BCUT2D eigenvalue weighted by atomic mass is 9.97. The number of halogens is 1. The van der Waals surface area contributed by atoms with Gasteiger partial charge in [0.2, 0.25) is 0 Å². The molecule has 0 spiro atoms. The summed E-state index contributed by atoms with van der Waals surface area (Å²) in [6.07, 6.45) is 3.26. The number of rotatable bonds is 4. The van der Waals surface area contributed by atoms with Gasteiger partial charge in [-0.3, -0.25) is 4.79 Å². The molecule has 138 valence electrons. The first kappa shape index (κ1) is 18.7. The standard InChI is InChI=1S/C21H25ClN2O2/c1-14-10-11-20(18(22)12-14)26-13-17-8-5-9-19(23-17)21(25)24-15(2)6-4-7-16(24)3/h5,8-12,15-16H,4,6-7,13H2,1-3H3. The van der Waals surface area contributed by atoms with Crippen LogP contribution in [0, 0.1) is 6.92 Å². The normalized spacial score (nSPS) is 20.1. The third-order valence-electron chi connectivity index (χ3n) is 4.92. The van der Waals surface area contributed by atoms with Gasteiger partial charge in [-0.05, 0) is 69.9 Å². The second-order valence-corrected chi connectivity index (χ2v) is 7.49. The van der Waals surface area contributed by atoms with Crippen molar-refractivity contribution in [1.29, 1.82) is 0 Å². The molecular weight excluding hydrogens is 348 g/mol. The number of pyridine rings is 1. The number of piperidine rings is 1. The number of carbonyl (C=O) groups is 1. The first-order chi connectivity index (χ1) is 12.5. The molecule has 1 aliphatic rings. The van der Waals surface area contributed by atoms with E-state index < -0.39 is 0 Å². The highest BCUT2D eigenvalue weighted by Gasteiger charge is 2.30. The smallest absolute Gasteiger partial charge is 0.272 e. The van der Waals surface area contributed by atoms with Crippen molar-refractivity contribution < 1.29 is 9.53 Å². The molecule has 1 aromatic heterocycles. The van der Waals surface area contributed by atoms with Gasteiger partial charge in [-0.1, -0.05) is 23.7 Å². The second kappa shape index (κ2) is 8.09. The third kappa shape index (κ3) is 4.18. The number of hydrogen-bond acceptors (Lipinski definition) is 3. The zero-order valence-corrected chi connectivity index (χ0v) is 16.3. The monoisotopic (exact) mass is 372 g/mol. The quantitative estimate of drug-likeness (QED) is 0.756. The zero-order chi connectivity index (χ0) is 18.7. The maximum atomic E-state index is 12.9. The lowest BCUT2D eigenvalue weighted by Crippen LogP contribution is -2.47. The molecule has 1 amide bonds. The summed E-state index contributed by atoms with van der Waals surface area (Å²) in [7, 11) is 0. The number of likely N-dealkylation sites (tertiary alicyclic amines) is 1. The largest absolute Gasteiger partial charge is 0.486 e. The fourth-order valence-corrected chi connectivity index (χ4v) is 3.80. The van der Waals surface area contributed by atoms with Crippen LogP contribution in [0.5, 0.6) is 5.75 Å². The first-order valence-corrected chi connectivity index (χ1v) is 9.51. The van der Waals surface area contributed by atoms with Crippen LogP contribution in [0.1, 0.15) is 54.9 Å². The Morgan fingerprint density at radius 3 is 2.65 bits per heavy atom. The second-order valence-electron chi connectivity index (χ2n) is 7.08. The summed E-state index contributed by atoms with van der Waals surface area (Å²) in [5.41, 5.74) is 2.27. The van der Waals surface area contributed by atoms with Crippen LogP contribution in [-0.2, 0) is 6.61 Å². The van der Waals surface area contributed by atoms with Crippen LogP contribution < -0.4 is 4.74 Å². The van der Waals surface area contributed by atoms with E-state index in [1.165, 1.54) is 6.42 Å². The SMILES string of the molecule is Cc1ccc(OCc2cccc(C(=O)N3C(C)CCCC3C)n2)c(Cl)c1. The third-order valence-corrected chi connectivity index (χ3v) is 5.21. The van der Waals surface area contributed by atoms with Crippen LogP contribution in [0.4, 0.5) is 0 Å². The maximum absolute atomic E-state index is 12.9. The van der Waals surface area contributed by atoms with Crippen molar-refractivity contribution in [2.75, 3.05) is 0 Å². The highest BCUT2D eigenvalue weighted by Crippen LogP contribution is 2.26. The summed E-state index contributed by atoms with van der Waals surface area (Å²) in [6, 6.07) is 11.7. The van der Waals surface area contributed by atoms with E-state index in [0.29, 0.717) is 22.2 Å². The molecule has 2 atom stereocenters. The molecule has 0 radical (unpaired) electrons. The average molecular weight is 373 g/mol. The number of hydrogen-bond donors (Lipinski definition) is 0. The molecule has 3 rings (SSSR count). The van der Waals surface area contributed by atoms with Crippen molar-refractivity contribution in [2.24, 2.45) is 0 Å². The summed E-state index contributed by atoms with van der Waals surface area (Å²) < 4.78 is 5.78. The first-order valence-electron chi connectivity index (χ1n) is 9.13. The maximum Gasteiger partial charge on any atom is 0.272 e. The minimum absolute atomic E-state index is 0.0000756. The summed E-state index contributed by atoms with van der Waals surface area (Å²) >= 11 is 6.20. The average Bonchev–Trinajstić information content (AvgIpc) is 2.61. The molecule has 0 bridgehead atoms. The molecule has 26 heavy (non-hydrogen) atoms. The Labute approximate surface area is 160 Å². The van der Waals surface area contributed by atoms with E-state index in [-0.39, 0.29) is 24.6 Å². The van der Waals surface area contributed by atoms with Gasteiger partial charge in [0.25, 0.3) is 5.91 Å². The van der Waals surface area contributed by atoms with Crippen LogP contribution >= 0.6 is 11.6 Å². The van der Waals surface area contributed by atoms with Gasteiger partial charge in [0.1, 0.15) is 18.1 Å². The van der Waals surface area contributed by atoms with E-state index in [0.717, 1.165) is 18.4 Å². The molecule has 1 aliphatic heterocycles. The van der Waals surface area contributed by atoms with Crippen molar-refractivity contribution in [3.05, 3.63) is 58.4 Å². The number of amides is 1. The molecule has 1 fully saturated rings.